The summed E-state index contributed by atoms with van der Waals surface area (Å²) in [5.74, 6) is -0.372. The molecule has 2 N–H and O–H groups in total. The first-order valence-corrected chi connectivity index (χ1v) is 6.73. The summed E-state index contributed by atoms with van der Waals surface area (Å²) in [5, 5.41) is 11.3. The van der Waals surface area contributed by atoms with E-state index in [1.807, 2.05) is 36.4 Å². The maximum Gasteiger partial charge on any atom is 0.129 e. The zero-order valence-electron chi connectivity index (χ0n) is 10.1. The van der Waals surface area contributed by atoms with Crippen molar-refractivity contribution in [3.8, 4) is 0 Å². The molecule has 0 aliphatic heterocycles. The smallest absolute Gasteiger partial charge is 0.129 e. The molecule has 3 aromatic rings. The molecule has 0 atom stereocenters. The van der Waals surface area contributed by atoms with Crippen molar-refractivity contribution in [2.45, 2.75) is 16.5 Å². The Bertz CT molecular complexity index is 690. The maximum atomic E-state index is 13.6. The van der Waals surface area contributed by atoms with E-state index in [0.717, 1.165) is 20.8 Å². The molecular weight excluding hydrogens is 261 g/mol. The number of rotatable bonds is 3. The summed E-state index contributed by atoms with van der Waals surface area (Å²) < 4.78 is 13.6. The lowest BCUT2D eigenvalue weighted by atomic mass is 10.2. The average Bonchev–Trinajstić information content (AvgIpc) is 2.81. The highest BCUT2D eigenvalue weighted by Crippen LogP contribution is 2.33. The number of halogens is 1. The van der Waals surface area contributed by atoms with Crippen LogP contribution in [0.1, 0.15) is 5.56 Å². The summed E-state index contributed by atoms with van der Waals surface area (Å²) in [7, 11) is 0. The minimum atomic E-state index is -0.372. The largest absolute Gasteiger partial charge is 0.392 e. The first-order valence-electron chi connectivity index (χ1n) is 5.92. The van der Waals surface area contributed by atoms with E-state index in [-0.39, 0.29) is 12.4 Å². The van der Waals surface area contributed by atoms with Crippen molar-refractivity contribution in [3.63, 3.8) is 0 Å². The van der Waals surface area contributed by atoms with Crippen LogP contribution in [0, 0.1) is 5.82 Å². The van der Waals surface area contributed by atoms with Crippen molar-refractivity contribution in [2.75, 3.05) is 0 Å². The van der Waals surface area contributed by atoms with Gasteiger partial charge in [0.1, 0.15) is 5.82 Å². The number of aromatic amines is 1. The molecule has 0 amide bonds. The molecule has 3 rings (SSSR count). The van der Waals surface area contributed by atoms with Gasteiger partial charge in [-0.15, -0.1) is 0 Å². The molecule has 4 heteroatoms. The Kier molecular flexibility index (Phi) is 3.27. The SMILES string of the molecule is OCc1c(F)cccc1Sc1cc2ccccc2[nH]1. The van der Waals surface area contributed by atoms with Gasteiger partial charge in [-0.1, -0.05) is 36.0 Å². The molecule has 2 nitrogen and oxygen atoms in total. The van der Waals surface area contributed by atoms with Gasteiger partial charge in [-0.25, -0.2) is 4.39 Å². The van der Waals surface area contributed by atoms with E-state index in [2.05, 4.69) is 4.98 Å². The van der Waals surface area contributed by atoms with Crippen molar-refractivity contribution < 1.29 is 9.50 Å². The Morgan fingerprint density at radius 3 is 2.74 bits per heavy atom. The van der Waals surface area contributed by atoms with Crippen molar-refractivity contribution >= 4 is 22.7 Å². The van der Waals surface area contributed by atoms with Gasteiger partial charge in [-0.3, -0.25) is 0 Å². The Hall–Kier alpha value is -1.78. The number of aliphatic hydroxyl groups is 1. The minimum absolute atomic E-state index is 0.296. The molecular formula is C15H12FNOS. The van der Waals surface area contributed by atoms with Gasteiger partial charge >= 0.3 is 0 Å². The summed E-state index contributed by atoms with van der Waals surface area (Å²) in [6.07, 6.45) is 0. The predicted octanol–water partition coefficient (Wildman–Crippen LogP) is 3.95. The fourth-order valence-electron chi connectivity index (χ4n) is 2.01. The fraction of sp³-hybridized carbons (Fsp3) is 0.0667. The Morgan fingerprint density at radius 2 is 1.95 bits per heavy atom. The lowest BCUT2D eigenvalue weighted by molar-refractivity contribution is 0.272. The highest BCUT2D eigenvalue weighted by Gasteiger charge is 2.10. The number of para-hydroxylation sites is 1. The van der Waals surface area contributed by atoms with Gasteiger partial charge in [0.15, 0.2) is 0 Å². The van der Waals surface area contributed by atoms with Crippen molar-refractivity contribution in [3.05, 3.63) is 59.9 Å². The summed E-state index contributed by atoms with van der Waals surface area (Å²) >= 11 is 1.42. The van der Waals surface area contributed by atoms with E-state index in [4.69, 9.17) is 0 Å². The van der Waals surface area contributed by atoms with E-state index >= 15 is 0 Å². The number of aliphatic hydroxyl groups excluding tert-OH is 1. The quantitative estimate of drug-likeness (QED) is 0.758. The van der Waals surface area contributed by atoms with Crippen LogP contribution in [0.5, 0.6) is 0 Å². The molecule has 0 fully saturated rings. The Balaban J connectivity index is 1.99. The van der Waals surface area contributed by atoms with E-state index < -0.39 is 0 Å². The molecule has 0 aliphatic carbocycles. The van der Waals surface area contributed by atoms with Crippen LogP contribution in [-0.4, -0.2) is 10.1 Å². The van der Waals surface area contributed by atoms with Crippen LogP contribution >= 0.6 is 11.8 Å². The molecule has 96 valence electrons. The van der Waals surface area contributed by atoms with Gasteiger partial charge in [-0.05, 0) is 24.3 Å². The third kappa shape index (κ3) is 2.37. The van der Waals surface area contributed by atoms with E-state index in [1.54, 1.807) is 6.07 Å². The zero-order chi connectivity index (χ0) is 13.2. The summed E-state index contributed by atoms with van der Waals surface area (Å²) in [6, 6.07) is 14.8. The molecule has 0 radical (unpaired) electrons. The molecule has 0 aliphatic rings. The number of H-pyrrole nitrogens is 1. The van der Waals surface area contributed by atoms with Crippen LogP contribution in [-0.2, 0) is 6.61 Å². The second-order valence-electron chi connectivity index (χ2n) is 4.20. The highest BCUT2D eigenvalue weighted by atomic mass is 32.2. The van der Waals surface area contributed by atoms with Crippen molar-refractivity contribution in [1.29, 1.82) is 0 Å². The minimum Gasteiger partial charge on any atom is -0.392 e. The van der Waals surface area contributed by atoms with Crippen LogP contribution in [0.2, 0.25) is 0 Å². The molecule has 1 aromatic heterocycles. The van der Waals surface area contributed by atoms with Crippen LogP contribution in [0.4, 0.5) is 4.39 Å². The molecule has 19 heavy (non-hydrogen) atoms. The van der Waals surface area contributed by atoms with E-state index in [9.17, 15) is 9.50 Å². The van der Waals surface area contributed by atoms with Crippen LogP contribution in [0.25, 0.3) is 10.9 Å². The Labute approximate surface area is 114 Å². The fourth-order valence-corrected chi connectivity index (χ4v) is 3.02. The molecule has 0 unspecified atom stereocenters. The number of nitrogens with one attached hydrogen (secondary N) is 1. The van der Waals surface area contributed by atoms with Gasteiger partial charge in [-0.2, -0.15) is 0 Å². The van der Waals surface area contributed by atoms with E-state index in [0.29, 0.717) is 5.56 Å². The lowest BCUT2D eigenvalue weighted by Gasteiger charge is -2.06. The van der Waals surface area contributed by atoms with Crippen LogP contribution in [0.15, 0.2) is 58.5 Å². The lowest BCUT2D eigenvalue weighted by Crippen LogP contribution is -1.92. The monoisotopic (exact) mass is 273 g/mol. The van der Waals surface area contributed by atoms with Crippen molar-refractivity contribution in [1.82, 2.24) is 4.98 Å². The first kappa shape index (κ1) is 12.3. The third-order valence-electron chi connectivity index (χ3n) is 2.96. The molecule has 1 heterocycles. The summed E-state index contributed by atoms with van der Waals surface area (Å²) in [4.78, 5) is 4.00. The molecule has 2 aromatic carbocycles. The number of fused-ring (bicyclic) bond motifs is 1. The van der Waals surface area contributed by atoms with Gasteiger partial charge in [0.2, 0.25) is 0 Å². The second kappa shape index (κ2) is 5.07. The van der Waals surface area contributed by atoms with Gasteiger partial charge in [0, 0.05) is 21.4 Å². The number of aromatic nitrogens is 1. The zero-order valence-corrected chi connectivity index (χ0v) is 10.9. The van der Waals surface area contributed by atoms with Gasteiger partial charge < -0.3 is 10.1 Å². The summed E-state index contributed by atoms with van der Waals surface area (Å²) in [6.45, 7) is -0.296. The molecule has 0 saturated heterocycles. The first-order chi connectivity index (χ1) is 9.28. The highest BCUT2D eigenvalue weighted by molar-refractivity contribution is 7.99. The predicted molar refractivity (Wildman–Crippen MR) is 74.7 cm³/mol. The van der Waals surface area contributed by atoms with Crippen molar-refractivity contribution in [2.24, 2.45) is 0 Å². The second-order valence-corrected chi connectivity index (χ2v) is 5.28. The molecule has 0 spiro atoms. The average molecular weight is 273 g/mol. The van der Waals surface area contributed by atoms with Crippen LogP contribution in [0.3, 0.4) is 0 Å². The van der Waals surface area contributed by atoms with E-state index in [1.165, 1.54) is 17.8 Å². The standard InChI is InChI=1S/C15H12FNOS/c16-12-5-3-7-14(11(12)9-18)19-15-8-10-4-1-2-6-13(10)17-15/h1-8,17-18H,9H2. The molecule has 0 saturated carbocycles. The third-order valence-corrected chi connectivity index (χ3v) is 4.00. The normalized spacial score (nSPS) is 11.1. The summed E-state index contributed by atoms with van der Waals surface area (Å²) in [5.41, 5.74) is 1.39. The number of hydrogen-bond acceptors (Lipinski definition) is 2. The topological polar surface area (TPSA) is 36.0 Å². The number of benzene rings is 2. The number of hydrogen-bond donors (Lipinski definition) is 2. The van der Waals surface area contributed by atoms with Gasteiger partial charge in [0.05, 0.1) is 11.6 Å². The maximum absolute atomic E-state index is 13.6. The van der Waals surface area contributed by atoms with Gasteiger partial charge in [0.25, 0.3) is 0 Å². The molecule has 0 bridgehead atoms. The Morgan fingerprint density at radius 1 is 1.11 bits per heavy atom. The van der Waals surface area contributed by atoms with Crippen LogP contribution < -0.4 is 0 Å².